The minimum atomic E-state index is 0. The van der Waals surface area contributed by atoms with Gasteiger partial charge in [0.1, 0.15) is 0 Å². The largest absolute Gasteiger partial charge is 0.319 e. The summed E-state index contributed by atoms with van der Waals surface area (Å²) >= 11 is 3.47. The van der Waals surface area contributed by atoms with E-state index in [9.17, 15) is 0 Å². The van der Waals surface area contributed by atoms with Gasteiger partial charge in [0.25, 0.3) is 0 Å². The molecule has 1 saturated heterocycles. The Morgan fingerprint density at radius 1 is 1.50 bits per heavy atom. The van der Waals surface area contributed by atoms with Crippen LogP contribution in [0.1, 0.15) is 18.4 Å². The summed E-state index contributed by atoms with van der Waals surface area (Å²) in [4.78, 5) is 6.76. The molecule has 1 unspecified atom stereocenters. The molecular weight excluding hydrogens is 314 g/mol. The van der Waals surface area contributed by atoms with E-state index in [2.05, 4.69) is 37.2 Å². The monoisotopic (exact) mass is 333 g/mol. The SMILES string of the molecule is CNCC1CCCN(Cc2cncc(Br)c2)C1.Cl. The van der Waals surface area contributed by atoms with E-state index in [0.717, 1.165) is 23.5 Å². The molecule has 1 N–H and O–H groups in total. The summed E-state index contributed by atoms with van der Waals surface area (Å²) in [5.74, 6) is 0.800. The molecule has 1 aliphatic heterocycles. The Bertz CT molecular complexity index is 360. The predicted octanol–water partition coefficient (Wildman–Crippen LogP) is 2.70. The van der Waals surface area contributed by atoms with Gasteiger partial charge in [0.15, 0.2) is 0 Å². The summed E-state index contributed by atoms with van der Waals surface area (Å²) in [6.07, 6.45) is 6.47. The summed E-state index contributed by atoms with van der Waals surface area (Å²) in [7, 11) is 2.04. The lowest BCUT2D eigenvalue weighted by Crippen LogP contribution is -2.38. The van der Waals surface area contributed by atoms with Gasteiger partial charge in [0, 0.05) is 30.0 Å². The quantitative estimate of drug-likeness (QED) is 0.917. The molecular formula is C13H21BrClN3. The Morgan fingerprint density at radius 2 is 2.33 bits per heavy atom. The fraction of sp³-hybridized carbons (Fsp3) is 0.615. The molecule has 1 aromatic heterocycles. The molecule has 1 fully saturated rings. The molecule has 0 saturated carbocycles. The maximum Gasteiger partial charge on any atom is 0.0410 e. The van der Waals surface area contributed by atoms with Crippen molar-refractivity contribution in [3.63, 3.8) is 0 Å². The Labute approximate surface area is 124 Å². The van der Waals surface area contributed by atoms with Crippen molar-refractivity contribution in [1.29, 1.82) is 0 Å². The Kier molecular flexibility index (Phi) is 7.15. The van der Waals surface area contributed by atoms with Gasteiger partial charge in [-0.25, -0.2) is 0 Å². The molecule has 1 atom stereocenters. The first-order valence-corrected chi connectivity index (χ1v) is 7.03. The third-order valence-corrected chi connectivity index (χ3v) is 3.70. The van der Waals surface area contributed by atoms with Gasteiger partial charge in [-0.2, -0.15) is 0 Å². The van der Waals surface area contributed by atoms with Gasteiger partial charge in [0.05, 0.1) is 0 Å². The normalized spacial score (nSPS) is 20.4. The van der Waals surface area contributed by atoms with Crippen molar-refractivity contribution >= 4 is 28.3 Å². The highest BCUT2D eigenvalue weighted by Gasteiger charge is 2.19. The van der Waals surface area contributed by atoms with E-state index in [1.54, 1.807) is 0 Å². The van der Waals surface area contributed by atoms with Gasteiger partial charge in [-0.3, -0.25) is 9.88 Å². The van der Waals surface area contributed by atoms with E-state index >= 15 is 0 Å². The van der Waals surface area contributed by atoms with Gasteiger partial charge >= 0.3 is 0 Å². The number of nitrogens with zero attached hydrogens (tertiary/aromatic N) is 2. The number of piperidine rings is 1. The van der Waals surface area contributed by atoms with Crippen molar-refractivity contribution in [2.45, 2.75) is 19.4 Å². The lowest BCUT2D eigenvalue weighted by atomic mass is 9.98. The smallest absolute Gasteiger partial charge is 0.0410 e. The van der Waals surface area contributed by atoms with Crippen LogP contribution in [0.15, 0.2) is 22.9 Å². The summed E-state index contributed by atoms with van der Waals surface area (Å²) in [5, 5.41) is 3.28. The van der Waals surface area contributed by atoms with E-state index in [1.807, 2.05) is 19.4 Å². The summed E-state index contributed by atoms with van der Waals surface area (Å²) < 4.78 is 1.07. The summed E-state index contributed by atoms with van der Waals surface area (Å²) in [6.45, 7) is 4.57. The Hall–Kier alpha value is -0.160. The van der Waals surface area contributed by atoms with Crippen molar-refractivity contribution in [1.82, 2.24) is 15.2 Å². The van der Waals surface area contributed by atoms with E-state index < -0.39 is 0 Å². The van der Waals surface area contributed by atoms with Crippen LogP contribution in [-0.2, 0) is 6.54 Å². The highest BCUT2D eigenvalue weighted by atomic mass is 79.9. The number of nitrogens with one attached hydrogen (secondary N) is 1. The van der Waals surface area contributed by atoms with Gasteiger partial charge in [-0.15, -0.1) is 12.4 Å². The molecule has 1 aliphatic rings. The van der Waals surface area contributed by atoms with E-state index in [4.69, 9.17) is 0 Å². The van der Waals surface area contributed by atoms with Crippen molar-refractivity contribution in [3.05, 3.63) is 28.5 Å². The molecule has 0 aromatic carbocycles. The van der Waals surface area contributed by atoms with Crippen LogP contribution in [0, 0.1) is 5.92 Å². The molecule has 0 aliphatic carbocycles. The van der Waals surface area contributed by atoms with Crippen LogP contribution in [0.4, 0.5) is 0 Å². The molecule has 0 amide bonds. The lowest BCUT2D eigenvalue weighted by molar-refractivity contribution is 0.166. The molecule has 2 heterocycles. The van der Waals surface area contributed by atoms with Crippen LogP contribution in [0.3, 0.4) is 0 Å². The molecule has 1 aromatic rings. The van der Waals surface area contributed by atoms with Crippen LogP contribution in [-0.4, -0.2) is 36.6 Å². The second kappa shape index (κ2) is 8.10. The maximum atomic E-state index is 4.22. The van der Waals surface area contributed by atoms with Crippen molar-refractivity contribution in [2.75, 3.05) is 26.7 Å². The second-order valence-corrected chi connectivity index (χ2v) is 5.73. The van der Waals surface area contributed by atoms with Gasteiger partial charge in [-0.1, -0.05) is 0 Å². The first-order valence-electron chi connectivity index (χ1n) is 6.24. The Morgan fingerprint density at radius 3 is 3.06 bits per heavy atom. The molecule has 0 radical (unpaired) electrons. The molecule has 0 bridgehead atoms. The molecule has 2 rings (SSSR count). The molecule has 5 heteroatoms. The molecule has 3 nitrogen and oxygen atoms in total. The number of aromatic nitrogens is 1. The number of rotatable bonds is 4. The molecule has 102 valence electrons. The first kappa shape index (κ1) is 15.9. The zero-order chi connectivity index (χ0) is 12.1. The maximum absolute atomic E-state index is 4.22. The Balaban J connectivity index is 0.00000162. The number of likely N-dealkylation sites (tertiary alicyclic amines) is 1. The van der Waals surface area contributed by atoms with Crippen LogP contribution < -0.4 is 5.32 Å². The number of halogens is 2. The van der Waals surface area contributed by atoms with Crippen LogP contribution in [0.5, 0.6) is 0 Å². The van der Waals surface area contributed by atoms with Crippen LogP contribution in [0.2, 0.25) is 0 Å². The van der Waals surface area contributed by atoms with Crippen LogP contribution >= 0.6 is 28.3 Å². The number of hydrogen-bond donors (Lipinski definition) is 1. The van der Waals surface area contributed by atoms with Gasteiger partial charge < -0.3 is 5.32 Å². The highest BCUT2D eigenvalue weighted by Crippen LogP contribution is 2.18. The third-order valence-electron chi connectivity index (χ3n) is 3.26. The minimum Gasteiger partial charge on any atom is -0.319 e. The van der Waals surface area contributed by atoms with E-state index in [-0.39, 0.29) is 12.4 Å². The fourth-order valence-corrected chi connectivity index (χ4v) is 2.96. The van der Waals surface area contributed by atoms with Crippen molar-refractivity contribution in [3.8, 4) is 0 Å². The summed E-state index contributed by atoms with van der Waals surface area (Å²) in [5.41, 5.74) is 1.30. The van der Waals surface area contributed by atoms with Crippen molar-refractivity contribution in [2.24, 2.45) is 5.92 Å². The predicted molar refractivity (Wildman–Crippen MR) is 81.1 cm³/mol. The first-order chi connectivity index (χ1) is 8.28. The van der Waals surface area contributed by atoms with E-state index in [0.29, 0.717) is 0 Å². The van der Waals surface area contributed by atoms with Gasteiger partial charge in [-0.05, 0) is 66.5 Å². The molecule has 18 heavy (non-hydrogen) atoms. The van der Waals surface area contributed by atoms with Gasteiger partial charge in [0.2, 0.25) is 0 Å². The minimum absolute atomic E-state index is 0. The number of hydrogen-bond acceptors (Lipinski definition) is 3. The topological polar surface area (TPSA) is 28.2 Å². The zero-order valence-electron chi connectivity index (χ0n) is 10.7. The fourth-order valence-electron chi connectivity index (χ4n) is 2.55. The molecule has 0 spiro atoms. The van der Waals surface area contributed by atoms with E-state index in [1.165, 1.54) is 31.5 Å². The third kappa shape index (κ3) is 4.84. The van der Waals surface area contributed by atoms with Crippen LogP contribution in [0.25, 0.3) is 0 Å². The standard InChI is InChI=1S/C13H20BrN3.ClH/c1-15-6-11-3-2-4-17(9-11)10-12-5-13(14)8-16-7-12;/h5,7-8,11,15H,2-4,6,9-10H2,1H3;1H. The summed E-state index contributed by atoms with van der Waals surface area (Å²) in [6, 6.07) is 2.16. The number of pyridine rings is 1. The average molecular weight is 335 g/mol. The lowest BCUT2D eigenvalue weighted by Gasteiger charge is -2.32. The average Bonchev–Trinajstić information content (AvgIpc) is 2.30. The zero-order valence-corrected chi connectivity index (χ0v) is 13.1. The highest BCUT2D eigenvalue weighted by molar-refractivity contribution is 9.10. The van der Waals surface area contributed by atoms with Crippen molar-refractivity contribution < 1.29 is 0 Å². The second-order valence-electron chi connectivity index (χ2n) is 4.81.